The Balaban J connectivity index is 2.13. The zero-order valence-corrected chi connectivity index (χ0v) is 10.6. The van der Waals surface area contributed by atoms with E-state index in [2.05, 4.69) is 12.1 Å². The van der Waals surface area contributed by atoms with Crippen LogP contribution in [0.15, 0.2) is 54.6 Å². The van der Waals surface area contributed by atoms with E-state index in [1.807, 2.05) is 42.5 Å². The van der Waals surface area contributed by atoms with Gasteiger partial charge in [0.1, 0.15) is 5.38 Å². The summed E-state index contributed by atoms with van der Waals surface area (Å²) in [5.41, 5.74) is 8.45. The van der Waals surface area contributed by atoms with Gasteiger partial charge in [-0.2, -0.15) is 0 Å². The molecule has 0 saturated heterocycles. The molecule has 92 valence electrons. The second-order valence-corrected chi connectivity index (χ2v) is 4.66. The second kappa shape index (κ2) is 5.69. The number of hydrogen-bond acceptors (Lipinski definition) is 1. The van der Waals surface area contributed by atoms with Crippen molar-refractivity contribution in [1.29, 1.82) is 0 Å². The van der Waals surface area contributed by atoms with Crippen molar-refractivity contribution in [3.8, 4) is 11.1 Å². The van der Waals surface area contributed by atoms with E-state index in [-0.39, 0.29) is 0 Å². The van der Waals surface area contributed by atoms with E-state index in [0.29, 0.717) is 6.42 Å². The summed E-state index contributed by atoms with van der Waals surface area (Å²) in [5.74, 6) is -0.483. The third-order valence-electron chi connectivity index (χ3n) is 2.78. The first-order valence-corrected chi connectivity index (χ1v) is 6.18. The predicted molar refractivity (Wildman–Crippen MR) is 74.4 cm³/mol. The minimum absolute atomic E-state index is 0.464. The van der Waals surface area contributed by atoms with Gasteiger partial charge in [0.05, 0.1) is 0 Å². The lowest BCUT2D eigenvalue weighted by atomic mass is 10.0. The summed E-state index contributed by atoms with van der Waals surface area (Å²) in [6.07, 6.45) is 0.464. The maximum atomic E-state index is 10.9. The molecule has 2 aromatic rings. The van der Waals surface area contributed by atoms with E-state index >= 15 is 0 Å². The summed E-state index contributed by atoms with van der Waals surface area (Å²) < 4.78 is 0. The molecule has 0 radical (unpaired) electrons. The van der Waals surface area contributed by atoms with Crippen LogP contribution in [0.2, 0.25) is 0 Å². The number of nitrogens with two attached hydrogens (primary N) is 1. The summed E-state index contributed by atoms with van der Waals surface area (Å²) in [4.78, 5) is 10.9. The Kier molecular flexibility index (Phi) is 4.00. The van der Waals surface area contributed by atoms with E-state index in [1.54, 1.807) is 0 Å². The third kappa shape index (κ3) is 3.11. The van der Waals surface area contributed by atoms with Crippen molar-refractivity contribution in [1.82, 2.24) is 0 Å². The van der Waals surface area contributed by atoms with Gasteiger partial charge in [0.2, 0.25) is 5.91 Å². The van der Waals surface area contributed by atoms with Gasteiger partial charge in [0.15, 0.2) is 0 Å². The zero-order valence-electron chi connectivity index (χ0n) is 9.84. The van der Waals surface area contributed by atoms with Gasteiger partial charge in [-0.1, -0.05) is 54.6 Å². The zero-order chi connectivity index (χ0) is 13.0. The largest absolute Gasteiger partial charge is 0.368 e. The van der Waals surface area contributed by atoms with Crippen molar-refractivity contribution in [2.75, 3.05) is 0 Å². The number of hydrogen-bond donors (Lipinski definition) is 1. The first-order chi connectivity index (χ1) is 8.66. The average Bonchev–Trinajstić information content (AvgIpc) is 2.40. The Morgan fingerprint density at radius 3 is 2.11 bits per heavy atom. The molecular formula is C15H14ClNO. The quantitative estimate of drug-likeness (QED) is 0.843. The molecule has 1 unspecified atom stereocenters. The van der Waals surface area contributed by atoms with Crippen molar-refractivity contribution in [2.45, 2.75) is 11.8 Å². The molecule has 0 aliphatic carbocycles. The molecule has 0 aromatic heterocycles. The van der Waals surface area contributed by atoms with Crippen molar-refractivity contribution in [2.24, 2.45) is 5.73 Å². The van der Waals surface area contributed by atoms with Crippen LogP contribution >= 0.6 is 11.6 Å². The first kappa shape index (κ1) is 12.7. The fourth-order valence-electron chi connectivity index (χ4n) is 1.77. The van der Waals surface area contributed by atoms with Crippen molar-refractivity contribution in [3.05, 3.63) is 60.2 Å². The number of amides is 1. The van der Waals surface area contributed by atoms with Crippen LogP contribution in [-0.2, 0) is 11.2 Å². The summed E-state index contributed by atoms with van der Waals surface area (Å²) >= 11 is 5.83. The monoisotopic (exact) mass is 259 g/mol. The van der Waals surface area contributed by atoms with Crippen molar-refractivity contribution < 1.29 is 4.79 Å². The van der Waals surface area contributed by atoms with Crippen LogP contribution in [0, 0.1) is 0 Å². The van der Waals surface area contributed by atoms with Crippen LogP contribution in [0.1, 0.15) is 5.56 Å². The maximum Gasteiger partial charge on any atom is 0.235 e. The third-order valence-corrected chi connectivity index (χ3v) is 3.15. The van der Waals surface area contributed by atoms with Crippen LogP contribution < -0.4 is 5.73 Å². The fourth-order valence-corrected chi connectivity index (χ4v) is 1.95. The molecule has 3 heteroatoms. The molecule has 0 fully saturated rings. The van der Waals surface area contributed by atoms with Crippen LogP contribution in [0.3, 0.4) is 0 Å². The predicted octanol–water partition coefficient (Wildman–Crippen LogP) is 2.99. The minimum atomic E-state index is -0.646. The fraction of sp³-hybridized carbons (Fsp3) is 0.133. The number of alkyl halides is 1. The number of halogens is 1. The maximum absolute atomic E-state index is 10.9. The van der Waals surface area contributed by atoms with Crippen molar-refractivity contribution in [3.63, 3.8) is 0 Å². The van der Waals surface area contributed by atoms with Gasteiger partial charge in [-0.25, -0.2) is 0 Å². The number of primary amides is 1. The molecule has 2 rings (SSSR count). The van der Waals surface area contributed by atoms with E-state index in [0.717, 1.165) is 11.1 Å². The Bertz CT molecular complexity index is 522. The first-order valence-electron chi connectivity index (χ1n) is 5.74. The van der Waals surface area contributed by atoms with Gasteiger partial charge in [-0.15, -0.1) is 11.6 Å². The van der Waals surface area contributed by atoms with Gasteiger partial charge < -0.3 is 5.73 Å². The van der Waals surface area contributed by atoms with E-state index < -0.39 is 11.3 Å². The molecule has 0 bridgehead atoms. The standard InChI is InChI=1S/C15H14ClNO/c16-14(15(17)18)10-11-6-8-13(9-7-11)12-4-2-1-3-5-12/h1-9,14H,10H2,(H2,17,18). The van der Waals surface area contributed by atoms with E-state index in [1.165, 1.54) is 5.56 Å². The molecule has 0 heterocycles. The highest BCUT2D eigenvalue weighted by Gasteiger charge is 2.11. The van der Waals surface area contributed by atoms with Gasteiger partial charge >= 0.3 is 0 Å². The summed E-state index contributed by atoms with van der Waals surface area (Å²) in [6, 6.07) is 18.1. The SMILES string of the molecule is NC(=O)C(Cl)Cc1ccc(-c2ccccc2)cc1. The molecule has 18 heavy (non-hydrogen) atoms. The Labute approximate surface area is 111 Å². The molecule has 0 aliphatic heterocycles. The van der Waals surface area contributed by atoms with Crippen LogP contribution in [-0.4, -0.2) is 11.3 Å². The summed E-state index contributed by atoms with van der Waals surface area (Å²) in [7, 11) is 0. The summed E-state index contributed by atoms with van der Waals surface area (Å²) in [6.45, 7) is 0. The smallest absolute Gasteiger partial charge is 0.235 e. The Morgan fingerprint density at radius 1 is 1.00 bits per heavy atom. The Morgan fingerprint density at radius 2 is 1.56 bits per heavy atom. The van der Waals surface area contributed by atoms with Crippen LogP contribution in [0.5, 0.6) is 0 Å². The van der Waals surface area contributed by atoms with Gasteiger partial charge in [0.25, 0.3) is 0 Å². The normalized spacial score (nSPS) is 12.1. The number of benzene rings is 2. The minimum Gasteiger partial charge on any atom is -0.368 e. The van der Waals surface area contributed by atoms with Gasteiger partial charge in [0, 0.05) is 0 Å². The molecule has 2 nitrogen and oxygen atoms in total. The lowest BCUT2D eigenvalue weighted by Gasteiger charge is -2.07. The van der Waals surface area contributed by atoms with E-state index in [4.69, 9.17) is 17.3 Å². The molecule has 0 aliphatic rings. The molecule has 0 saturated carbocycles. The van der Waals surface area contributed by atoms with Crippen LogP contribution in [0.25, 0.3) is 11.1 Å². The molecule has 2 N–H and O–H groups in total. The Hall–Kier alpha value is -1.80. The second-order valence-electron chi connectivity index (χ2n) is 4.14. The number of carbonyl (C=O) groups is 1. The average molecular weight is 260 g/mol. The van der Waals surface area contributed by atoms with Crippen molar-refractivity contribution >= 4 is 17.5 Å². The van der Waals surface area contributed by atoms with E-state index in [9.17, 15) is 4.79 Å². The topological polar surface area (TPSA) is 43.1 Å². The number of rotatable bonds is 4. The highest BCUT2D eigenvalue weighted by atomic mass is 35.5. The van der Waals surface area contributed by atoms with Crippen LogP contribution in [0.4, 0.5) is 0 Å². The van der Waals surface area contributed by atoms with Gasteiger partial charge in [-0.3, -0.25) is 4.79 Å². The number of carbonyl (C=O) groups excluding carboxylic acids is 1. The molecule has 2 aromatic carbocycles. The lowest BCUT2D eigenvalue weighted by Crippen LogP contribution is -2.25. The highest BCUT2D eigenvalue weighted by Crippen LogP contribution is 2.20. The molecule has 1 atom stereocenters. The summed E-state index contributed by atoms with van der Waals surface area (Å²) in [5, 5.41) is -0.646. The lowest BCUT2D eigenvalue weighted by molar-refractivity contribution is -0.117. The highest BCUT2D eigenvalue weighted by molar-refractivity contribution is 6.30. The molecule has 0 spiro atoms. The molecule has 1 amide bonds. The van der Waals surface area contributed by atoms with Gasteiger partial charge in [-0.05, 0) is 23.1 Å². The molecular weight excluding hydrogens is 246 g/mol.